The number of nitrogen functional groups attached to an aromatic ring is 1. The number of nitrogens with one attached hydrogen (secondary N) is 1. The third-order valence-electron chi connectivity index (χ3n) is 2.87. The lowest BCUT2D eigenvalue weighted by Crippen LogP contribution is -2.04. The van der Waals surface area contributed by atoms with Crippen LogP contribution < -0.4 is 11.1 Å². The first-order valence-corrected chi connectivity index (χ1v) is 5.95. The third-order valence-corrected chi connectivity index (χ3v) is 2.87. The molecule has 0 aromatic heterocycles. The van der Waals surface area contributed by atoms with Gasteiger partial charge in [-0.2, -0.15) is 0 Å². The molecule has 0 aliphatic carbocycles. The maximum absolute atomic E-state index is 13.4. The Labute approximate surface area is 111 Å². The van der Waals surface area contributed by atoms with E-state index in [4.69, 9.17) is 5.73 Å². The highest BCUT2D eigenvalue weighted by Crippen LogP contribution is 2.19. The highest BCUT2D eigenvalue weighted by Gasteiger charge is 2.06. The molecule has 0 saturated heterocycles. The predicted molar refractivity (Wildman–Crippen MR) is 74.6 cm³/mol. The van der Waals surface area contributed by atoms with Crippen LogP contribution in [0.5, 0.6) is 0 Å². The van der Waals surface area contributed by atoms with Crippen LogP contribution in [-0.4, -0.2) is 5.78 Å². The smallest absolute Gasteiger partial charge is 0.161 e. The van der Waals surface area contributed by atoms with Crippen LogP contribution in [0.2, 0.25) is 0 Å². The Kier molecular flexibility index (Phi) is 3.80. The Morgan fingerprint density at radius 2 is 2.00 bits per heavy atom. The Morgan fingerprint density at radius 3 is 2.68 bits per heavy atom. The zero-order chi connectivity index (χ0) is 13.8. The molecule has 2 aromatic carbocycles. The first-order valence-electron chi connectivity index (χ1n) is 5.95. The number of ketones is 1. The molecule has 0 aliphatic rings. The number of anilines is 2. The number of halogens is 1. The van der Waals surface area contributed by atoms with E-state index in [0.29, 0.717) is 23.4 Å². The summed E-state index contributed by atoms with van der Waals surface area (Å²) < 4.78 is 13.4. The second kappa shape index (κ2) is 5.52. The summed E-state index contributed by atoms with van der Waals surface area (Å²) in [6, 6.07) is 11.7. The molecular formula is C15H15FN2O. The minimum Gasteiger partial charge on any atom is -0.398 e. The summed E-state index contributed by atoms with van der Waals surface area (Å²) in [6.07, 6.45) is 0. The summed E-state index contributed by atoms with van der Waals surface area (Å²) in [5.41, 5.74) is 7.94. The zero-order valence-corrected chi connectivity index (χ0v) is 10.6. The van der Waals surface area contributed by atoms with E-state index in [2.05, 4.69) is 5.32 Å². The molecule has 0 aliphatic heterocycles. The van der Waals surface area contributed by atoms with E-state index in [1.165, 1.54) is 13.0 Å². The maximum Gasteiger partial charge on any atom is 0.161 e. The number of nitrogens with two attached hydrogens (primary N) is 1. The molecule has 19 heavy (non-hydrogen) atoms. The molecular weight excluding hydrogens is 243 g/mol. The monoisotopic (exact) mass is 258 g/mol. The van der Waals surface area contributed by atoms with Crippen molar-refractivity contribution < 1.29 is 9.18 Å². The third kappa shape index (κ3) is 3.10. The lowest BCUT2D eigenvalue weighted by Gasteiger charge is -2.09. The van der Waals surface area contributed by atoms with E-state index in [1.807, 2.05) is 0 Å². The molecule has 4 heteroatoms. The molecule has 3 N–H and O–H groups in total. The molecule has 2 aromatic rings. The summed E-state index contributed by atoms with van der Waals surface area (Å²) in [5, 5.41) is 3.08. The van der Waals surface area contributed by atoms with Gasteiger partial charge in [-0.05, 0) is 31.2 Å². The normalized spacial score (nSPS) is 10.2. The lowest BCUT2D eigenvalue weighted by atomic mass is 10.1. The average Bonchev–Trinajstić information content (AvgIpc) is 2.39. The molecule has 98 valence electrons. The second-order valence-corrected chi connectivity index (χ2v) is 4.30. The summed E-state index contributed by atoms with van der Waals surface area (Å²) in [4.78, 5) is 11.4. The first-order chi connectivity index (χ1) is 9.08. The van der Waals surface area contributed by atoms with Crippen molar-refractivity contribution >= 4 is 17.2 Å². The molecule has 0 unspecified atom stereocenters. The van der Waals surface area contributed by atoms with Gasteiger partial charge in [0, 0.05) is 29.0 Å². The van der Waals surface area contributed by atoms with Gasteiger partial charge < -0.3 is 11.1 Å². The van der Waals surface area contributed by atoms with Crippen LogP contribution in [0.3, 0.4) is 0 Å². The first kappa shape index (κ1) is 13.1. The molecule has 0 radical (unpaired) electrons. The minimum absolute atomic E-state index is 0.0907. The highest BCUT2D eigenvalue weighted by atomic mass is 19.1. The molecule has 0 heterocycles. The standard InChI is InChI=1S/C15H15FN2O/c1-10(19)13-8-12(6-7-15(13)17)18-9-11-4-2-3-5-14(11)16/h2-8,18H,9,17H2,1H3. The van der Waals surface area contributed by atoms with Crippen LogP contribution in [0, 0.1) is 5.82 Å². The van der Waals surface area contributed by atoms with Gasteiger partial charge in [0.25, 0.3) is 0 Å². The highest BCUT2D eigenvalue weighted by molar-refractivity contribution is 6.00. The minimum atomic E-state index is -0.253. The van der Waals surface area contributed by atoms with Crippen molar-refractivity contribution in [3.63, 3.8) is 0 Å². The number of hydrogen-bond acceptors (Lipinski definition) is 3. The number of Topliss-reactive ketones (excluding diaryl/α,β-unsaturated/α-hetero) is 1. The molecule has 0 bridgehead atoms. The van der Waals surface area contributed by atoms with Crippen molar-refractivity contribution in [2.75, 3.05) is 11.1 Å². The van der Waals surface area contributed by atoms with Crippen molar-refractivity contribution in [3.8, 4) is 0 Å². The lowest BCUT2D eigenvalue weighted by molar-refractivity contribution is 0.101. The van der Waals surface area contributed by atoms with E-state index in [9.17, 15) is 9.18 Å². The predicted octanol–water partition coefficient (Wildman–Crippen LogP) is 3.22. The van der Waals surface area contributed by atoms with Gasteiger partial charge >= 0.3 is 0 Å². The molecule has 0 amide bonds. The van der Waals surface area contributed by atoms with Gasteiger partial charge in [-0.1, -0.05) is 18.2 Å². The van der Waals surface area contributed by atoms with Crippen molar-refractivity contribution in [2.24, 2.45) is 0 Å². The molecule has 0 spiro atoms. The Bertz CT molecular complexity index is 611. The van der Waals surface area contributed by atoms with Crippen molar-refractivity contribution in [3.05, 3.63) is 59.4 Å². The topological polar surface area (TPSA) is 55.1 Å². The Balaban J connectivity index is 2.14. The van der Waals surface area contributed by atoms with Gasteiger partial charge in [-0.15, -0.1) is 0 Å². The van der Waals surface area contributed by atoms with E-state index in [1.54, 1.807) is 36.4 Å². The van der Waals surface area contributed by atoms with E-state index >= 15 is 0 Å². The largest absolute Gasteiger partial charge is 0.398 e. The average molecular weight is 258 g/mol. The van der Waals surface area contributed by atoms with Gasteiger partial charge in [0.15, 0.2) is 5.78 Å². The van der Waals surface area contributed by atoms with E-state index in [-0.39, 0.29) is 11.6 Å². The second-order valence-electron chi connectivity index (χ2n) is 4.30. The Morgan fingerprint density at radius 1 is 1.26 bits per heavy atom. The number of rotatable bonds is 4. The number of carbonyl (C=O) groups is 1. The zero-order valence-electron chi connectivity index (χ0n) is 10.6. The van der Waals surface area contributed by atoms with Gasteiger partial charge in [0.05, 0.1) is 0 Å². The fourth-order valence-electron chi connectivity index (χ4n) is 1.81. The van der Waals surface area contributed by atoms with Crippen molar-refractivity contribution in [1.29, 1.82) is 0 Å². The quantitative estimate of drug-likeness (QED) is 0.654. The van der Waals surface area contributed by atoms with Gasteiger partial charge in [0.1, 0.15) is 5.82 Å². The van der Waals surface area contributed by atoms with Gasteiger partial charge in [0.2, 0.25) is 0 Å². The van der Waals surface area contributed by atoms with Crippen molar-refractivity contribution in [2.45, 2.75) is 13.5 Å². The van der Waals surface area contributed by atoms with Crippen LogP contribution in [0.25, 0.3) is 0 Å². The van der Waals surface area contributed by atoms with Gasteiger partial charge in [-0.3, -0.25) is 4.79 Å². The molecule has 0 saturated carbocycles. The fraction of sp³-hybridized carbons (Fsp3) is 0.133. The van der Waals surface area contributed by atoms with Crippen molar-refractivity contribution in [1.82, 2.24) is 0 Å². The number of carbonyl (C=O) groups excluding carboxylic acids is 1. The molecule has 0 fully saturated rings. The molecule has 2 rings (SSSR count). The summed E-state index contributed by atoms with van der Waals surface area (Å²) in [6.45, 7) is 1.82. The van der Waals surface area contributed by atoms with Gasteiger partial charge in [-0.25, -0.2) is 4.39 Å². The summed E-state index contributed by atoms with van der Waals surface area (Å²) in [5.74, 6) is -0.343. The van der Waals surface area contributed by atoms with Crippen LogP contribution >= 0.6 is 0 Å². The van der Waals surface area contributed by atoms with Crippen LogP contribution in [-0.2, 0) is 6.54 Å². The summed E-state index contributed by atoms with van der Waals surface area (Å²) >= 11 is 0. The van der Waals surface area contributed by atoms with Crippen LogP contribution in [0.4, 0.5) is 15.8 Å². The SMILES string of the molecule is CC(=O)c1cc(NCc2ccccc2F)ccc1N. The molecule has 3 nitrogen and oxygen atoms in total. The molecule has 0 atom stereocenters. The van der Waals surface area contributed by atoms with Crippen LogP contribution in [0.15, 0.2) is 42.5 Å². The van der Waals surface area contributed by atoms with E-state index in [0.717, 1.165) is 5.69 Å². The van der Waals surface area contributed by atoms with E-state index < -0.39 is 0 Å². The number of benzene rings is 2. The van der Waals surface area contributed by atoms with Crippen LogP contribution in [0.1, 0.15) is 22.8 Å². The Hall–Kier alpha value is -2.36. The summed E-state index contributed by atoms with van der Waals surface area (Å²) in [7, 11) is 0. The number of hydrogen-bond donors (Lipinski definition) is 2. The fourth-order valence-corrected chi connectivity index (χ4v) is 1.81. The maximum atomic E-state index is 13.4.